The zero-order chi connectivity index (χ0) is 16.8. The SMILES string of the molecule is CC[C@H](C(=O)N(Cc1cccs1)C1CCOCC1)c1ccccc1. The van der Waals surface area contributed by atoms with Gasteiger partial charge in [-0.3, -0.25) is 4.79 Å². The van der Waals surface area contributed by atoms with Crippen LogP contribution in [0.5, 0.6) is 0 Å². The van der Waals surface area contributed by atoms with Crippen molar-refractivity contribution in [3.8, 4) is 0 Å². The molecule has 128 valence electrons. The van der Waals surface area contributed by atoms with Crippen LogP contribution in [0.1, 0.15) is 42.5 Å². The Labute approximate surface area is 148 Å². The van der Waals surface area contributed by atoms with Crippen LogP contribution in [-0.4, -0.2) is 30.1 Å². The Morgan fingerprint density at radius 2 is 1.96 bits per heavy atom. The van der Waals surface area contributed by atoms with E-state index in [0.717, 1.165) is 38.0 Å². The molecular weight excluding hydrogens is 318 g/mol. The fraction of sp³-hybridized carbons (Fsp3) is 0.450. The third-order valence-corrected chi connectivity index (χ3v) is 5.59. The van der Waals surface area contributed by atoms with E-state index in [1.54, 1.807) is 11.3 Å². The molecule has 3 nitrogen and oxygen atoms in total. The molecule has 2 heterocycles. The highest BCUT2D eigenvalue weighted by Gasteiger charge is 2.31. The highest BCUT2D eigenvalue weighted by Crippen LogP contribution is 2.27. The number of ether oxygens (including phenoxy) is 1. The molecule has 0 aliphatic carbocycles. The number of amides is 1. The molecule has 0 radical (unpaired) electrons. The number of carbonyl (C=O) groups is 1. The first-order valence-corrected chi connectivity index (χ1v) is 9.63. The van der Waals surface area contributed by atoms with Gasteiger partial charge in [-0.1, -0.05) is 43.3 Å². The Hall–Kier alpha value is -1.65. The average molecular weight is 343 g/mol. The Bertz CT molecular complexity index is 620. The Kier molecular flexibility index (Phi) is 6.05. The normalized spacial score (nSPS) is 16.7. The lowest BCUT2D eigenvalue weighted by molar-refractivity contribution is -0.138. The van der Waals surface area contributed by atoms with Crippen molar-refractivity contribution in [3.63, 3.8) is 0 Å². The van der Waals surface area contributed by atoms with Gasteiger partial charge < -0.3 is 9.64 Å². The summed E-state index contributed by atoms with van der Waals surface area (Å²) in [5, 5.41) is 2.08. The molecule has 1 fully saturated rings. The second kappa shape index (κ2) is 8.45. The van der Waals surface area contributed by atoms with Gasteiger partial charge in [-0.25, -0.2) is 0 Å². The molecule has 24 heavy (non-hydrogen) atoms. The van der Waals surface area contributed by atoms with Gasteiger partial charge in [0.25, 0.3) is 0 Å². The average Bonchev–Trinajstić information content (AvgIpc) is 3.15. The summed E-state index contributed by atoms with van der Waals surface area (Å²) in [6, 6.07) is 14.6. The molecule has 2 aromatic rings. The van der Waals surface area contributed by atoms with Crippen molar-refractivity contribution >= 4 is 17.2 Å². The second-order valence-corrected chi connectivity index (χ2v) is 7.29. The summed E-state index contributed by atoms with van der Waals surface area (Å²) >= 11 is 1.72. The largest absolute Gasteiger partial charge is 0.381 e. The number of benzene rings is 1. The van der Waals surface area contributed by atoms with Crippen molar-refractivity contribution < 1.29 is 9.53 Å². The summed E-state index contributed by atoms with van der Waals surface area (Å²) in [4.78, 5) is 16.7. The van der Waals surface area contributed by atoms with Gasteiger partial charge in [-0.15, -0.1) is 11.3 Å². The van der Waals surface area contributed by atoms with Crippen LogP contribution in [0.15, 0.2) is 47.8 Å². The smallest absolute Gasteiger partial charge is 0.230 e. The van der Waals surface area contributed by atoms with Crippen LogP contribution < -0.4 is 0 Å². The lowest BCUT2D eigenvalue weighted by Crippen LogP contribution is -2.44. The summed E-state index contributed by atoms with van der Waals surface area (Å²) in [7, 11) is 0. The highest BCUT2D eigenvalue weighted by molar-refractivity contribution is 7.09. The summed E-state index contributed by atoms with van der Waals surface area (Å²) in [5.74, 6) is 0.193. The summed E-state index contributed by atoms with van der Waals surface area (Å²) < 4.78 is 5.50. The van der Waals surface area contributed by atoms with Gasteiger partial charge in [0.05, 0.1) is 12.5 Å². The third-order valence-electron chi connectivity index (χ3n) is 4.73. The van der Waals surface area contributed by atoms with Crippen molar-refractivity contribution in [2.75, 3.05) is 13.2 Å². The molecule has 0 bridgehead atoms. The van der Waals surface area contributed by atoms with Gasteiger partial charge in [0.1, 0.15) is 0 Å². The molecule has 1 atom stereocenters. The molecule has 1 aromatic heterocycles. The van der Waals surface area contributed by atoms with Crippen LogP contribution in [-0.2, 0) is 16.1 Å². The minimum Gasteiger partial charge on any atom is -0.381 e. The highest BCUT2D eigenvalue weighted by atomic mass is 32.1. The minimum absolute atomic E-state index is 0.0611. The van der Waals surface area contributed by atoms with E-state index in [9.17, 15) is 4.79 Å². The van der Waals surface area contributed by atoms with Gasteiger partial charge in [0.2, 0.25) is 5.91 Å². The number of carbonyl (C=O) groups excluding carboxylic acids is 1. The van der Waals surface area contributed by atoms with E-state index in [1.165, 1.54) is 4.88 Å². The fourth-order valence-electron chi connectivity index (χ4n) is 3.39. The molecule has 1 amide bonds. The van der Waals surface area contributed by atoms with Gasteiger partial charge in [0.15, 0.2) is 0 Å². The van der Waals surface area contributed by atoms with E-state index in [0.29, 0.717) is 6.54 Å². The van der Waals surface area contributed by atoms with E-state index >= 15 is 0 Å². The number of nitrogens with zero attached hydrogens (tertiary/aromatic N) is 1. The summed E-state index contributed by atoms with van der Waals surface area (Å²) in [6.45, 7) is 4.31. The van der Waals surface area contributed by atoms with Crippen LogP contribution >= 0.6 is 11.3 Å². The van der Waals surface area contributed by atoms with Crippen molar-refractivity contribution in [2.24, 2.45) is 0 Å². The molecule has 0 unspecified atom stereocenters. The Morgan fingerprint density at radius 3 is 2.58 bits per heavy atom. The lowest BCUT2D eigenvalue weighted by Gasteiger charge is -2.36. The van der Waals surface area contributed by atoms with E-state index in [-0.39, 0.29) is 17.9 Å². The van der Waals surface area contributed by atoms with Crippen molar-refractivity contribution in [3.05, 3.63) is 58.3 Å². The monoisotopic (exact) mass is 343 g/mol. The van der Waals surface area contributed by atoms with Crippen LogP contribution in [0, 0.1) is 0 Å². The maximum Gasteiger partial charge on any atom is 0.230 e. The van der Waals surface area contributed by atoms with Crippen LogP contribution in [0.4, 0.5) is 0 Å². The minimum atomic E-state index is -0.0611. The molecule has 1 aromatic carbocycles. The number of rotatable bonds is 6. The lowest BCUT2D eigenvalue weighted by atomic mass is 9.93. The van der Waals surface area contributed by atoms with Gasteiger partial charge >= 0.3 is 0 Å². The molecular formula is C20H25NO2S. The molecule has 3 rings (SSSR count). The fourth-order valence-corrected chi connectivity index (χ4v) is 4.10. The van der Waals surface area contributed by atoms with Crippen molar-refractivity contribution in [1.29, 1.82) is 0 Å². The molecule has 0 N–H and O–H groups in total. The van der Waals surface area contributed by atoms with E-state index < -0.39 is 0 Å². The van der Waals surface area contributed by atoms with Gasteiger partial charge in [-0.2, -0.15) is 0 Å². The standard InChI is InChI=1S/C20H25NO2S/c1-2-19(16-7-4-3-5-8-16)20(22)21(15-18-9-6-14-24-18)17-10-12-23-13-11-17/h3-9,14,17,19H,2,10-13,15H2,1H3/t19-/m0/s1. The zero-order valence-corrected chi connectivity index (χ0v) is 15.0. The molecule has 1 aliphatic heterocycles. The number of hydrogen-bond acceptors (Lipinski definition) is 3. The first kappa shape index (κ1) is 17.2. The quantitative estimate of drug-likeness (QED) is 0.775. The maximum atomic E-state index is 13.4. The van der Waals surface area contributed by atoms with Crippen LogP contribution in [0.3, 0.4) is 0 Å². The first-order chi connectivity index (χ1) is 11.8. The van der Waals surface area contributed by atoms with Crippen LogP contribution in [0.25, 0.3) is 0 Å². The predicted molar refractivity (Wildman–Crippen MR) is 98.2 cm³/mol. The predicted octanol–water partition coefficient (Wildman–Crippen LogP) is 4.45. The summed E-state index contributed by atoms with van der Waals surface area (Å²) in [6.07, 6.45) is 2.69. The molecule has 1 saturated heterocycles. The molecule has 0 spiro atoms. The topological polar surface area (TPSA) is 29.5 Å². The first-order valence-electron chi connectivity index (χ1n) is 8.75. The Morgan fingerprint density at radius 1 is 1.21 bits per heavy atom. The number of hydrogen-bond donors (Lipinski definition) is 0. The summed E-state index contributed by atoms with van der Waals surface area (Å²) in [5.41, 5.74) is 1.12. The van der Waals surface area contributed by atoms with Gasteiger partial charge in [0, 0.05) is 24.1 Å². The second-order valence-electron chi connectivity index (χ2n) is 6.26. The van der Waals surface area contributed by atoms with E-state index in [2.05, 4.69) is 41.5 Å². The Balaban J connectivity index is 1.83. The zero-order valence-electron chi connectivity index (χ0n) is 14.2. The molecule has 1 aliphatic rings. The van der Waals surface area contributed by atoms with Crippen molar-refractivity contribution in [2.45, 2.75) is 44.7 Å². The van der Waals surface area contributed by atoms with E-state index in [1.807, 2.05) is 18.2 Å². The third kappa shape index (κ3) is 4.05. The van der Waals surface area contributed by atoms with Crippen LogP contribution in [0.2, 0.25) is 0 Å². The van der Waals surface area contributed by atoms with Crippen molar-refractivity contribution in [1.82, 2.24) is 4.90 Å². The van der Waals surface area contributed by atoms with E-state index in [4.69, 9.17) is 4.74 Å². The molecule has 0 saturated carbocycles. The number of thiophene rings is 1. The maximum absolute atomic E-state index is 13.4. The van der Waals surface area contributed by atoms with Gasteiger partial charge in [-0.05, 0) is 36.3 Å². The molecule has 4 heteroatoms.